The second-order valence-corrected chi connectivity index (χ2v) is 4.33. The van der Waals surface area contributed by atoms with Crippen molar-refractivity contribution >= 4 is 5.91 Å². The van der Waals surface area contributed by atoms with Gasteiger partial charge in [0.05, 0.1) is 0 Å². The van der Waals surface area contributed by atoms with Crippen molar-refractivity contribution in [3.05, 3.63) is 54.1 Å². The first-order valence-corrected chi connectivity index (χ1v) is 5.69. The third-order valence-electron chi connectivity index (χ3n) is 2.72. The summed E-state index contributed by atoms with van der Waals surface area (Å²) in [6.07, 6.45) is 0. The minimum atomic E-state index is -0.0162. The maximum absolute atomic E-state index is 11.7. The predicted octanol–water partition coefficient (Wildman–Crippen LogP) is 2.76. The maximum Gasteiger partial charge on any atom is 0.253 e. The van der Waals surface area contributed by atoms with Gasteiger partial charge in [0.1, 0.15) is 5.75 Å². The first-order chi connectivity index (χ1) is 8.58. The van der Waals surface area contributed by atoms with Gasteiger partial charge >= 0.3 is 0 Å². The molecular formula is C15H15NO2. The van der Waals surface area contributed by atoms with Gasteiger partial charge in [0.15, 0.2) is 0 Å². The van der Waals surface area contributed by atoms with E-state index in [2.05, 4.69) is 0 Å². The van der Waals surface area contributed by atoms with Crippen molar-refractivity contribution in [3.63, 3.8) is 0 Å². The molecule has 0 aliphatic rings. The Morgan fingerprint density at radius 3 is 2.22 bits per heavy atom. The van der Waals surface area contributed by atoms with Crippen molar-refractivity contribution < 1.29 is 9.90 Å². The number of phenolic OH excluding ortho intramolecular Hbond substituents is 1. The summed E-state index contributed by atoms with van der Waals surface area (Å²) in [7, 11) is 3.46. The highest BCUT2D eigenvalue weighted by atomic mass is 16.3. The lowest BCUT2D eigenvalue weighted by Crippen LogP contribution is -2.21. The molecule has 0 saturated heterocycles. The molecule has 2 aromatic carbocycles. The Balaban J connectivity index is 2.30. The van der Waals surface area contributed by atoms with Gasteiger partial charge in [-0.3, -0.25) is 4.79 Å². The number of hydrogen-bond donors (Lipinski definition) is 1. The molecule has 0 saturated carbocycles. The molecule has 1 amide bonds. The molecule has 3 heteroatoms. The highest BCUT2D eigenvalue weighted by molar-refractivity contribution is 5.94. The highest BCUT2D eigenvalue weighted by Gasteiger charge is 2.07. The van der Waals surface area contributed by atoms with Crippen LogP contribution in [0.15, 0.2) is 48.5 Å². The molecule has 0 bridgehead atoms. The van der Waals surface area contributed by atoms with Crippen molar-refractivity contribution in [1.29, 1.82) is 0 Å². The van der Waals surface area contributed by atoms with E-state index in [1.54, 1.807) is 49.3 Å². The fourth-order valence-electron chi connectivity index (χ4n) is 1.75. The molecule has 18 heavy (non-hydrogen) atoms. The van der Waals surface area contributed by atoms with Gasteiger partial charge in [0.25, 0.3) is 5.91 Å². The predicted molar refractivity (Wildman–Crippen MR) is 71.6 cm³/mol. The zero-order valence-corrected chi connectivity index (χ0v) is 10.4. The number of nitrogens with zero attached hydrogens (tertiary/aromatic N) is 1. The fourth-order valence-corrected chi connectivity index (χ4v) is 1.75. The summed E-state index contributed by atoms with van der Waals surface area (Å²) in [6.45, 7) is 0. The Morgan fingerprint density at radius 2 is 1.67 bits per heavy atom. The summed E-state index contributed by atoms with van der Waals surface area (Å²) in [5.74, 6) is 0.221. The average Bonchev–Trinajstić information content (AvgIpc) is 2.38. The Kier molecular flexibility index (Phi) is 3.33. The van der Waals surface area contributed by atoms with Crippen LogP contribution in [-0.4, -0.2) is 30.0 Å². The van der Waals surface area contributed by atoms with E-state index in [1.807, 2.05) is 18.2 Å². The second-order valence-electron chi connectivity index (χ2n) is 4.33. The first-order valence-electron chi connectivity index (χ1n) is 5.69. The number of phenols is 1. The average molecular weight is 241 g/mol. The monoisotopic (exact) mass is 241 g/mol. The molecule has 0 fully saturated rings. The van der Waals surface area contributed by atoms with E-state index in [0.29, 0.717) is 5.56 Å². The number of hydrogen-bond acceptors (Lipinski definition) is 2. The topological polar surface area (TPSA) is 40.5 Å². The van der Waals surface area contributed by atoms with Gasteiger partial charge in [-0.05, 0) is 35.4 Å². The highest BCUT2D eigenvalue weighted by Crippen LogP contribution is 2.23. The van der Waals surface area contributed by atoms with Crippen molar-refractivity contribution in [3.8, 4) is 16.9 Å². The van der Waals surface area contributed by atoms with E-state index < -0.39 is 0 Å². The van der Waals surface area contributed by atoms with Crippen molar-refractivity contribution in [2.24, 2.45) is 0 Å². The standard InChI is InChI=1S/C15H15NO2/c1-16(2)15(18)12-8-6-11(7-9-12)13-4-3-5-14(17)10-13/h3-10,17H,1-2H3. The van der Waals surface area contributed by atoms with Crippen LogP contribution in [-0.2, 0) is 0 Å². The molecule has 0 aromatic heterocycles. The van der Waals surface area contributed by atoms with Crippen LogP contribution >= 0.6 is 0 Å². The summed E-state index contributed by atoms with van der Waals surface area (Å²) in [5, 5.41) is 9.43. The zero-order chi connectivity index (χ0) is 13.1. The third-order valence-corrected chi connectivity index (χ3v) is 2.72. The first kappa shape index (κ1) is 12.2. The molecule has 0 unspecified atom stereocenters. The molecule has 2 rings (SSSR count). The van der Waals surface area contributed by atoms with E-state index in [4.69, 9.17) is 0 Å². The Morgan fingerprint density at radius 1 is 1.00 bits per heavy atom. The molecule has 0 radical (unpaired) electrons. The van der Waals surface area contributed by atoms with E-state index in [9.17, 15) is 9.90 Å². The number of aromatic hydroxyl groups is 1. The molecule has 1 N–H and O–H groups in total. The summed E-state index contributed by atoms with van der Waals surface area (Å²) < 4.78 is 0. The van der Waals surface area contributed by atoms with Crippen molar-refractivity contribution in [1.82, 2.24) is 4.90 Å². The van der Waals surface area contributed by atoms with Crippen LogP contribution in [0, 0.1) is 0 Å². The molecule has 92 valence electrons. The SMILES string of the molecule is CN(C)C(=O)c1ccc(-c2cccc(O)c2)cc1. The summed E-state index contributed by atoms with van der Waals surface area (Å²) in [5.41, 5.74) is 2.56. The molecule has 0 spiro atoms. The van der Waals surface area contributed by atoms with Crippen molar-refractivity contribution in [2.45, 2.75) is 0 Å². The van der Waals surface area contributed by atoms with Crippen LogP contribution in [0.25, 0.3) is 11.1 Å². The maximum atomic E-state index is 11.7. The van der Waals surface area contributed by atoms with Crippen LogP contribution in [0.5, 0.6) is 5.75 Å². The quantitative estimate of drug-likeness (QED) is 0.878. The molecular weight excluding hydrogens is 226 g/mol. The largest absolute Gasteiger partial charge is 0.508 e. The minimum absolute atomic E-state index is 0.0162. The van der Waals surface area contributed by atoms with Gasteiger partial charge in [-0.25, -0.2) is 0 Å². The molecule has 0 atom stereocenters. The number of rotatable bonds is 2. The number of carbonyl (C=O) groups excluding carboxylic acids is 1. The van der Waals surface area contributed by atoms with Gasteiger partial charge in [0, 0.05) is 19.7 Å². The lowest BCUT2D eigenvalue weighted by atomic mass is 10.0. The van der Waals surface area contributed by atoms with Gasteiger partial charge in [-0.2, -0.15) is 0 Å². The number of amides is 1. The lowest BCUT2D eigenvalue weighted by Gasteiger charge is -2.10. The summed E-state index contributed by atoms with van der Waals surface area (Å²) in [6, 6.07) is 14.4. The summed E-state index contributed by atoms with van der Waals surface area (Å²) >= 11 is 0. The number of carbonyl (C=O) groups is 1. The minimum Gasteiger partial charge on any atom is -0.508 e. The molecule has 2 aromatic rings. The summed E-state index contributed by atoms with van der Waals surface area (Å²) in [4.78, 5) is 13.3. The van der Waals surface area contributed by atoms with Crippen molar-refractivity contribution in [2.75, 3.05) is 14.1 Å². The van der Waals surface area contributed by atoms with Gasteiger partial charge in [-0.15, -0.1) is 0 Å². The van der Waals surface area contributed by atoms with Gasteiger partial charge in [-0.1, -0.05) is 24.3 Å². The second kappa shape index (κ2) is 4.92. The lowest BCUT2D eigenvalue weighted by molar-refractivity contribution is 0.0827. The van der Waals surface area contributed by atoms with Gasteiger partial charge in [0.2, 0.25) is 0 Å². The van der Waals surface area contributed by atoms with Crippen LogP contribution < -0.4 is 0 Å². The molecule has 3 nitrogen and oxygen atoms in total. The smallest absolute Gasteiger partial charge is 0.253 e. The Labute approximate surface area is 106 Å². The third kappa shape index (κ3) is 2.51. The fraction of sp³-hybridized carbons (Fsp3) is 0.133. The van der Waals surface area contributed by atoms with Crippen LogP contribution in [0.2, 0.25) is 0 Å². The van der Waals surface area contributed by atoms with E-state index in [0.717, 1.165) is 11.1 Å². The normalized spacial score (nSPS) is 10.1. The van der Waals surface area contributed by atoms with E-state index >= 15 is 0 Å². The molecule has 0 aliphatic heterocycles. The Bertz CT molecular complexity index is 559. The molecule has 0 aliphatic carbocycles. The van der Waals surface area contributed by atoms with E-state index in [1.165, 1.54) is 0 Å². The van der Waals surface area contributed by atoms with Crippen LogP contribution in [0.4, 0.5) is 0 Å². The Hall–Kier alpha value is -2.29. The van der Waals surface area contributed by atoms with E-state index in [-0.39, 0.29) is 11.7 Å². The zero-order valence-electron chi connectivity index (χ0n) is 10.4. The molecule has 0 heterocycles. The number of benzene rings is 2. The van der Waals surface area contributed by atoms with Crippen LogP contribution in [0.1, 0.15) is 10.4 Å². The van der Waals surface area contributed by atoms with Crippen LogP contribution in [0.3, 0.4) is 0 Å². The van der Waals surface area contributed by atoms with Gasteiger partial charge < -0.3 is 10.0 Å².